The van der Waals surface area contributed by atoms with E-state index in [0.29, 0.717) is 24.5 Å². The lowest BCUT2D eigenvalue weighted by Crippen LogP contribution is -2.39. The first-order chi connectivity index (χ1) is 11.6. The smallest absolute Gasteiger partial charge is 0.242 e. The first-order valence-corrected chi connectivity index (χ1v) is 8.27. The molecule has 1 aromatic heterocycles. The average molecular weight is 347 g/mol. The summed E-state index contributed by atoms with van der Waals surface area (Å²) in [5, 5.41) is 7.60. The molecule has 1 aromatic carbocycles. The number of hydrogen-bond donors (Lipinski definition) is 1. The summed E-state index contributed by atoms with van der Waals surface area (Å²) in [5.41, 5.74) is 1.10. The Morgan fingerprint density at radius 3 is 3.00 bits per heavy atom. The molecule has 2 aromatic rings. The summed E-state index contributed by atoms with van der Waals surface area (Å²) in [7, 11) is 0. The Hall–Kier alpha value is -2.34. The van der Waals surface area contributed by atoms with Crippen LogP contribution < -0.4 is 5.32 Å². The molecular weight excluding hydrogens is 328 g/mol. The highest BCUT2D eigenvalue weighted by atomic mass is 35.5. The Kier molecular flexibility index (Phi) is 5.15. The second kappa shape index (κ2) is 7.49. The van der Waals surface area contributed by atoms with E-state index in [9.17, 15) is 9.59 Å². The number of likely N-dealkylation sites (tertiary alicyclic amines) is 1. The number of carbonyl (C=O) groups excluding carboxylic acids is 2. The molecule has 24 heavy (non-hydrogen) atoms. The highest BCUT2D eigenvalue weighted by Gasteiger charge is 2.30. The molecule has 2 amide bonds. The van der Waals surface area contributed by atoms with Crippen LogP contribution in [0.1, 0.15) is 12.0 Å². The molecule has 0 aliphatic carbocycles. The van der Waals surface area contributed by atoms with Crippen LogP contribution in [0, 0.1) is 0 Å². The maximum atomic E-state index is 12.1. The Morgan fingerprint density at radius 1 is 1.38 bits per heavy atom. The Labute approximate surface area is 145 Å². The molecule has 1 aliphatic rings. The predicted octanol–water partition coefficient (Wildman–Crippen LogP) is 1.50. The van der Waals surface area contributed by atoms with Crippen molar-refractivity contribution in [2.24, 2.45) is 0 Å². The van der Waals surface area contributed by atoms with Gasteiger partial charge >= 0.3 is 0 Å². The minimum Gasteiger partial charge on any atom is -0.349 e. The Morgan fingerprint density at radius 2 is 2.25 bits per heavy atom. The number of rotatable bonds is 6. The van der Waals surface area contributed by atoms with Crippen LogP contribution in [-0.2, 0) is 22.6 Å². The lowest BCUT2D eigenvalue weighted by molar-refractivity contribution is -0.127. The van der Waals surface area contributed by atoms with Gasteiger partial charge in [0.2, 0.25) is 11.8 Å². The minimum atomic E-state index is -0.139. The van der Waals surface area contributed by atoms with Crippen molar-refractivity contribution in [2.75, 3.05) is 13.1 Å². The average Bonchev–Trinajstić information content (AvgIpc) is 3.15. The molecule has 6 nitrogen and oxygen atoms in total. The van der Waals surface area contributed by atoms with Crippen molar-refractivity contribution < 1.29 is 9.59 Å². The zero-order valence-electron chi connectivity index (χ0n) is 13.2. The number of amides is 2. The molecule has 1 atom stereocenters. The standard InChI is InChI=1S/C17H19ClN4O2/c18-14-4-1-3-13(9-14)5-8-21-11-15(10-17(21)24)20-16(23)12-22-7-2-6-19-22/h1-4,6-7,9,15H,5,8,10-12H2,(H,20,23)/t15-/m0/s1. The molecule has 2 heterocycles. The zero-order chi connectivity index (χ0) is 16.9. The lowest BCUT2D eigenvalue weighted by Gasteiger charge is -2.17. The summed E-state index contributed by atoms with van der Waals surface area (Å²) < 4.78 is 1.56. The maximum Gasteiger partial charge on any atom is 0.242 e. The highest BCUT2D eigenvalue weighted by molar-refractivity contribution is 6.30. The van der Waals surface area contributed by atoms with Gasteiger partial charge < -0.3 is 10.2 Å². The van der Waals surface area contributed by atoms with Crippen LogP contribution in [0.5, 0.6) is 0 Å². The molecule has 0 saturated carbocycles. The van der Waals surface area contributed by atoms with Crippen molar-refractivity contribution >= 4 is 23.4 Å². The topological polar surface area (TPSA) is 67.2 Å². The molecule has 0 bridgehead atoms. The fourth-order valence-corrected chi connectivity index (χ4v) is 3.07. The molecule has 1 fully saturated rings. The molecular formula is C17H19ClN4O2. The number of aromatic nitrogens is 2. The summed E-state index contributed by atoms with van der Waals surface area (Å²) in [6.45, 7) is 1.34. The lowest BCUT2D eigenvalue weighted by atomic mass is 10.1. The number of halogens is 1. The second-order valence-corrected chi connectivity index (χ2v) is 6.33. The van der Waals surface area contributed by atoms with Gasteiger partial charge in [0.05, 0.1) is 6.04 Å². The van der Waals surface area contributed by atoms with Crippen molar-refractivity contribution in [3.05, 3.63) is 53.3 Å². The monoisotopic (exact) mass is 346 g/mol. The van der Waals surface area contributed by atoms with Gasteiger partial charge in [0.1, 0.15) is 6.54 Å². The first kappa shape index (κ1) is 16.5. The van der Waals surface area contributed by atoms with E-state index in [1.165, 1.54) is 0 Å². The van der Waals surface area contributed by atoms with Crippen LogP contribution in [0.2, 0.25) is 5.02 Å². The van der Waals surface area contributed by atoms with Crippen LogP contribution in [-0.4, -0.2) is 45.6 Å². The molecule has 0 unspecified atom stereocenters. The van der Waals surface area contributed by atoms with Gasteiger partial charge in [-0.25, -0.2) is 0 Å². The zero-order valence-corrected chi connectivity index (χ0v) is 13.9. The van der Waals surface area contributed by atoms with E-state index < -0.39 is 0 Å². The highest BCUT2D eigenvalue weighted by Crippen LogP contribution is 2.15. The van der Waals surface area contributed by atoms with Gasteiger partial charge in [-0.2, -0.15) is 5.10 Å². The first-order valence-electron chi connectivity index (χ1n) is 7.89. The number of nitrogens with one attached hydrogen (secondary N) is 1. The van der Waals surface area contributed by atoms with Gasteiger partial charge in [0.15, 0.2) is 0 Å². The number of nitrogens with zero attached hydrogens (tertiary/aromatic N) is 3. The van der Waals surface area contributed by atoms with Crippen LogP contribution in [0.25, 0.3) is 0 Å². The van der Waals surface area contributed by atoms with Crippen molar-refractivity contribution in [1.82, 2.24) is 20.0 Å². The van der Waals surface area contributed by atoms with Crippen molar-refractivity contribution in [1.29, 1.82) is 0 Å². The molecule has 1 aliphatic heterocycles. The summed E-state index contributed by atoms with van der Waals surface area (Å²) in [6, 6.07) is 9.27. The van der Waals surface area contributed by atoms with E-state index in [4.69, 9.17) is 11.6 Å². The minimum absolute atomic E-state index is 0.0708. The Bertz CT molecular complexity index is 717. The number of carbonyl (C=O) groups is 2. The van der Waals surface area contributed by atoms with E-state index in [0.717, 1.165) is 12.0 Å². The third-order valence-corrected chi connectivity index (χ3v) is 4.24. The van der Waals surface area contributed by atoms with E-state index in [1.54, 1.807) is 28.0 Å². The molecule has 0 spiro atoms. The SMILES string of the molecule is O=C(Cn1cccn1)N[C@H]1CC(=O)N(CCc2cccc(Cl)c2)C1. The Balaban J connectivity index is 1.47. The van der Waals surface area contributed by atoms with Crippen LogP contribution >= 0.6 is 11.6 Å². The predicted molar refractivity (Wildman–Crippen MR) is 90.5 cm³/mol. The van der Waals surface area contributed by atoms with Crippen molar-refractivity contribution in [3.63, 3.8) is 0 Å². The molecule has 1 N–H and O–H groups in total. The summed E-state index contributed by atoms with van der Waals surface area (Å²) >= 11 is 5.97. The van der Waals surface area contributed by atoms with Gasteiger partial charge in [-0.3, -0.25) is 14.3 Å². The van der Waals surface area contributed by atoms with Crippen LogP contribution in [0.4, 0.5) is 0 Å². The molecule has 1 saturated heterocycles. The summed E-state index contributed by atoms with van der Waals surface area (Å²) in [5.74, 6) is -0.0605. The van der Waals surface area contributed by atoms with Crippen LogP contribution in [0.3, 0.4) is 0 Å². The molecule has 126 valence electrons. The molecule has 3 rings (SSSR count). The fraction of sp³-hybridized carbons (Fsp3) is 0.353. The molecule has 7 heteroatoms. The quantitative estimate of drug-likeness (QED) is 0.861. The summed E-state index contributed by atoms with van der Waals surface area (Å²) in [4.78, 5) is 25.9. The second-order valence-electron chi connectivity index (χ2n) is 5.89. The summed E-state index contributed by atoms with van der Waals surface area (Å²) in [6.07, 6.45) is 4.46. The van der Waals surface area contributed by atoms with Gasteiger partial charge in [-0.1, -0.05) is 23.7 Å². The third kappa shape index (κ3) is 4.35. The normalized spacial score (nSPS) is 17.3. The van der Waals surface area contributed by atoms with E-state index in [1.807, 2.05) is 24.3 Å². The van der Waals surface area contributed by atoms with Crippen molar-refractivity contribution in [3.8, 4) is 0 Å². The number of benzene rings is 1. The molecule has 0 radical (unpaired) electrons. The van der Waals surface area contributed by atoms with E-state index >= 15 is 0 Å². The van der Waals surface area contributed by atoms with Crippen LogP contribution in [0.15, 0.2) is 42.7 Å². The van der Waals surface area contributed by atoms with E-state index in [-0.39, 0.29) is 24.4 Å². The van der Waals surface area contributed by atoms with Gasteiger partial charge in [-0.05, 0) is 30.2 Å². The van der Waals surface area contributed by atoms with Crippen molar-refractivity contribution in [2.45, 2.75) is 25.4 Å². The number of hydrogen-bond acceptors (Lipinski definition) is 3. The largest absolute Gasteiger partial charge is 0.349 e. The van der Waals surface area contributed by atoms with Gasteiger partial charge in [0.25, 0.3) is 0 Å². The maximum absolute atomic E-state index is 12.1. The van der Waals surface area contributed by atoms with E-state index in [2.05, 4.69) is 10.4 Å². The van der Waals surface area contributed by atoms with Gasteiger partial charge in [-0.15, -0.1) is 0 Å². The van der Waals surface area contributed by atoms with Gasteiger partial charge in [0, 0.05) is 36.9 Å². The third-order valence-electron chi connectivity index (χ3n) is 4.00. The fourth-order valence-electron chi connectivity index (χ4n) is 2.86.